The van der Waals surface area contributed by atoms with Gasteiger partial charge < -0.3 is 10.0 Å². The lowest BCUT2D eigenvalue weighted by Gasteiger charge is -2.35. The number of aromatic nitrogens is 3. The topological polar surface area (TPSA) is 82.1 Å². The molecule has 1 N–H and O–H groups in total. The number of nitrogens with zero attached hydrogens (tertiary/aromatic N) is 7. The molecule has 1 aromatic heterocycles. The van der Waals surface area contributed by atoms with Crippen molar-refractivity contribution in [1.82, 2.24) is 24.8 Å². The third-order valence-corrected chi connectivity index (χ3v) is 4.77. The summed E-state index contributed by atoms with van der Waals surface area (Å²) in [5, 5.41) is 27.3. The first-order valence-electron chi connectivity index (χ1n) is 11.3. The summed E-state index contributed by atoms with van der Waals surface area (Å²) < 4.78 is 0. The van der Waals surface area contributed by atoms with Gasteiger partial charge in [-0.1, -0.05) is 33.8 Å². The van der Waals surface area contributed by atoms with E-state index in [1.165, 1.54) is 17.6 Å². The number of hydrogen-bond acceptors (Lipinski definition) is 6. The molecule has 0 aliphatic carbocycles. The molecule has 0 spiro atoms. The summed E-state index contributed by atoms with van der Waals surface area (Å²) in [6.45, 7) is 17.4. The van der Waals surface area contributed by atoms with E-state index in [4.69, 9.17) is 0 Å². The first kappa shape index (κ1) is 27.6. The molecule has 0 saturated carbocycles. The largest absolute Gasteiger partial charge is 0.507 e. The molecule has 0 amide bonds. The van der Waals surface area contributed by atoms with Gasteiger partial charge in [0.25, 0.3) is 0 Å². The zero-order chi connectivity index (χ0) is 24.6. The number of aromatic hydroxyl groups is 1. The predicted molar refractivity (Wildman–Crippen MR) is 137 cm³/mol. The molecule has 8 nitrogen and oxygen atoms in total. The molecular weight excluding hydrogens is 414 g/mol. The molecule has 3 rings (SSSR count). The van der Waals surface area contributed by atoms with Crippen LogP contribution in [0.5, 0.6) is 5.75 Å². The van der Waals surface area contributed by atoms with Crippen LogP contribution < -0.4 is 0 Å². The van der Waals surface area contributed by atoms with E-state index in [1.54, 1.807) is 30.6 Å². The summed E-state index contributed by atoms with van der Waals surface area (Å²) in [5.41, 5.74) is 1.75. The van der Waals surface area contributed by atoms with E-state index in [0.717, 1.165) is 38.6 Å². The van der Waals surface area contributed by atoms with E-state index < -0.39 is 0 Å². The first-order chi connectivity index (χ1) is 16.0. The number of rotatable bonds is 6. The van der Waals surface area contributed by atoms with Gasteiger partial charge in [-0.05, 0) is 38.1 Å². The highest BCUT2D eigenvalue weighted by Gasteiger charge is 2.17. The highest BCUT2D eigenvalue weighted by molar-refractivity contribution is 6.10. The monoisotopic (exact) mass is 451 g/mol. The van der Waals surface area contributed by atoms with Crippen molar-refractivity contribution in [2.75, 3.05) is 32.7 Å². The highest BCUT2D eigenvalue weighted by atomic mass is 16.3. The smallest absolute Gasteiger partial charge is 0.127 e. The molecule has 1 aliphatic rings. The summed E-state index contributed by atoms with van der Waals surface area (Å²) in [7, 11) is 0. The molecule has 33 heavy (non-hydrogen) atoms. The third kappa shape index (κ3) is 8.54. The molecule has 2 heterocycles. The first-order valence-corrected chi connectivity index (χ1v) is 11.3. The van der Waals surface area contributed by atoms with Gasteiger partial charge in [-0.3, -0.25) is 4.90 Å². The Morgan fingerprint density at radius 3 is 2.21 bits per heavy atom. The second-order valence-electron chi connectivity index (χ2n) is 7.39. The van der Waals surface area contributed by atoms with Gasteiger partial charge in [0.1, 0.15) is 11.6 Å². The van der Waals surface area contributed by atoms with E-state index >= 15 is 0 Å². The van der Waals surface area contributed by atoms with Crippen LogP contribution in [-0.2, 0) is 0 Å². The van der Waals surface area contributed by atoms with Crippen LogP contribution in [0.3, 0.4) is 0 Å². The van der Waals surface area contributed by atoms with Crippen molar-refractivity contribution < 1.29 is 5.11 Å². The maximum atomic E-state index is 10.4. The van der Waals surface area contributed by atoms with E-state index in [-0.39, 0.29) is 5.75 Å². The Kier molecular flexibility index (Phi) is 12.9. The van der Waals surface area contributed by atoms with Crippen molar-refractivity contribution in [2.24, 2.45) is 10.2 Å². The lowest BCUT2D eigenvalue weighted by molar-refractivity contribution is 0.182. The van der Waals surface area contributed by atoms with E-state index in [2.05, 4.69) is 70.4 Å². The minimum Gasteiger partial charge on any atom is -0.507 e. The van der Waals surface area contributed by atoms with Crippen LogP contribution in [-0.4, -0.2) is 74.2 Å². The van der Waals surface area contributed by atoms with Gasteiger partial charge in [0.15, 0.2) is 0 Å². The fraction of sp³-hybridized carbons (Fsp3) is 0.440. The molecule has 0 unspecified atom stereocenters. The van der Waals surface area contributed by atoms with Crippen molar-refractivity contribution in [2.45, 2.75) is 40.5 Å². The number of phenols is 1. The van der Waals surface area contributed by atoms with Crippen molar-refractivity contribution in [3.05, 3.63) is 48.8 Å². The standard InChI is InChI=1S/C20H27N7O.C3H8.C2H2/c1-4-10-25-11-13-26(14-12-25)16(3)23-24-19(5-2)18-7-6-17(15-20(18)28)27-21-8-9-22-27;1-3-2;1-2/h5-9,15,28H,2,4,10-14H2,1,3H3;3H2,1-2H3;1-2H/b23-16+,24-19+;;. The normalized spacial score (nSPS) is 14.5. The van der Waals surface area contributed by atoms with E-state index in [0.29, 0.717) is 17.0 Å². The number of benzene rings is 1. The van der Waals surface area contributed by atoms with Crippen LogP contribution in [0.1, 0.15) is 46.1 Å². The Balaban J connectivity index is 0.00000101. The van der Waals surface area contributed by atoms with Gasteiger partial charge in [0.2, 0.25) is 0 Å². The molecule has 8 heteroatoms. The molecule has 2 aromatic rings. The van der Waals surface area contributed by atoms with Crippen LogP contribution in [0.25, 0.3) is 5.69 Å². The number of phenolic OH excluding ortho intramolecular Hbond substituents is 1. The molecule has 0 atom stereocenters. The fourth-order valence-electron chi connectivity index (χ4n) is 3.22. The number of terminal acetylenes is 1. The fourth-order valence-corrected chi connectivity index (χ4v) is 3.22. The predicted octanol–water partition coefficient (Wildman–Crippen LogP) is 3.97. The van der Waals surface area contributed by atoms with E-state index in [9.17, 15) is 5.11 Å². The second-order valence-corrected chi connectivity index (χ2v) is 7.39. The maximum absolute atomic E-state index is 10.4. The number of hydrogen-bond donors (Lipinski definition) is 1. The molecule has 1 aromatic carbocycles. The summed E-state index contributed by atoms with van der Waals surface area (Å²) in [6.07, 6.45) is 15.2. The minimum absolute atomic E-state index is 0.0782. The summed E-state index contributed by atoms with van der Waals surface area (Å²) in [6, 6.07) is 5.18. The zero-order valence-corrected chi connectivity index (χ0v) is 20.4. The lowest BCUT2D eigenvalue weighted by atomic mass is 10.1. The Morgan fingerprint density at radius 2 is 1.70 bits per heavy atom. The van der Waals surface area contributed by atoms with Gasteiger partial charge in [0.05, 0.1) is 23.8 Å². The number of amidine groups is 1. The molecule has 1 fully saturated rings. The van der Waals surface area contributed by atoms with Crippen molar-refractivity contribution >= 4 is 11.5 Å². The van der Waals surface area contributed by atoms with Gasteiger partial charge >= 0.3 is 0 Å². The SMILES string of the molecule is C#C.C=C/C(=N\N=C(/C)N1CCN(CCC)CC1)c1ccc(-n2nccn2)cc1O.CCC. The van der Waals surface area contributed by atoms with Crippen molar-refractivity contribution in [3.8, 4) is 24.3 Å². The lowest BCUT2D eigenvalue weighted by Crippen LogP contribution is -2.48. The summed E-state index contributed by atoms with van der Waals surface area (Å²) >= 11 is 0. The number of piperazine rings is 1. The molecule has 0 radical (unpaired) electrons. The molecule has 1 aliphatic heterocycles. The Bertz CT molecular complexity index is 908. The Hall–Kier alpha value is -3.44. The summed E-state index contributed by atoms with van der Waals surface area (Å²) in [5.74, 6) is 0.946. The third-order valence-electron chi connectivity index (χ3n) is 4.77. The summed E-state index contributed by atoms with van der Waals surface area (Å²) in [4.78, 5) is 6.15. The van der Waals surface area contributed by atoms with E-state index in [1.807, 2.05) is 13.0 Å². The quantitative estimate of drug-likeness (QED) is 0.311. The number of allylic oxidation sites excluding steroid dienone is 1. The second kappa shape index (κ2) is 15.4. The average Bonchev–Trinajstić information content (AvgIpc) is 3.38. The van der Waals surface area contributed by atoms with Crippen LogP contribution >= 0.6 is 0 Å². The van der Waals surface area contributed by atoms with Gasteiger partial charge in [-0.25, -0.2) is 0 Å². The molecule has 0 bridgehead atoms. The minimum atomic E-state index is 0.0782. The highest BCUT2D eigenvalue weighted by Crippen LogP contribution is 2.22. The van der Waals surface area contributed by atoms with Crippen LogP contribution in [0.4, 0.5) is 0 Å². The van der Waals surface area contributed by atoms with Crippen LogP contribution in [0.15, 0.2) is 53.5 Å². The van der Waals surface area contributed by atoms with Crippen molar-refractivity contribution in [1.29, 1.82) is 0 Å². The average molecular weight is 452 g/mol. The molecule has 1 saturated heterocycles. The zero-order valence-electron chi connectivity index (χ0n) is 20.4. The van der Waals surface area contributed by atoms with Crippen LogP contribution in [0, 0.1) is 12.8 Å². The van der Waals surface area contributed by atoms with Crippen molar-refractivity contribution in [3.63, 3.8) is 0 Å². The Labute approximate surface area is 198 Å². The van der Waals surface area contributed by atoms with Gasteiger partial charge in [-0.2, -0.15) is 15.0 Å². The van der Waals surface area contributed by atoms with Gasteiger partial charge in [0, 0.05) is 37.8 Å². The Morgan fingerprint density at radius 1 is 1.09 bits per heavy atom. The van der Waals surface area contributed by atoms with Crippen LogP contribution in [0.2, 0.25) is 0 Å². The van der Waals surface area contributed by atoms with Gasteiger partial charge in [-0.15, -0.1) is 23.0 Å². The maximum Gasteiger partial charge on any atom is 0.127 e. The molecule has 178 valence electrons. The molecular formula is C25H37N7O.